The van der Waals surface area contributed by atoms with Crippen LogP contribution in [0.1, 0.15) is 19.8 Å². The van der Waals surface area contributed by atoms with E-state index in [1.54, 1.807) is 12.1 Å². The van der Waals surface area contributed by atoms with E-state index < -0.39 is 0 Å². The number of nitrogens with two attached hydrogens (primary N) is 1. The van der Waals surface area contributed by atoms with E-state index in [1.807, 2.05) is 0 Å². The number of aliphatic imine (C=N–C) groups is 1. The zero-order valence-corrected chi connectivity index (χ0v) is 12.2. The molecule has 0 aliphatic rings. The fourth-order valence-corrected chi connectivity index (χ4v) is 1.81. The number of unbranched alkanes of at least 4 members (excludes halogenated alkanes) is 1. The van der Waals surface area contributed by atoms with E-state index in [1.165, 1.54) is 0 Å². The van der Waals surface area contributed by atoms with Gasteiger partial charge in [-0.1, -0.05) is 48.1 Å². The van der Waals surface area contributed by atoms with Crippen LogP contribution in [0.3, 0.4) is 0 Å². The Labute approximate surface area is 121 Å². The Kier molecular flexibility index (Phi) is 6.57. The largest absolute Gasteiger partial charge is 0.324 e. The Morgan fingerprint density at radius 2 is 1.89 bits per heavy atom. The first-order valence-corrected chi connectivity index (χ1v) is 6.64. The lowest BCUT2D eigenvalue weighted by Crippen LogP contribution is -2.36. The van der Waals surface area contributed by atoms with Crippen molar-refractivity contribution in [3.05, 3.63) is 27.2 Å². The summed E-state index contributed by atoms with van der Waals surface area (Å²) in [5.41, 5.74) is 3.07. The van der Waals surface area contributed by atoms with Crippen molar-refractivity contribution in [2.45, 2.75) is 19.8 Å². The van der Waals surface area contributed by atoms with Gasteiger partial charge in [-0.25, -0.2) is 5.84 Å². The maximum Gasteiger partial charge on any atom is 0.210 e. The van der Waals surface area contributed by atoms with E-state index in [9.17, 15) is 0 Å². The minimum atomic E-state index is 0.400. The van der Waals surface area contributed by atoms with Gasteiger partial charge in [-0.15, -0.1) is 0 Å². The first kappa shape index (κ1) is 15.4. The molecule has 1 aromatic carbocycles. The fraction of sp³-hybridized carbons (Fsp3) is 0.364. The number of hydrogen-bond acceptors (Lipinski definition) is 2. The highest BCUT2D eigenvalue weighted by atomic mass is 35.5. The van der Waals surface area contributed by atoms with Crippen molar-refractivity contribution >= 4 is 46.4 Å². The lowest BCUT2D eigenvalue weighted by Gasteiger charge is -2.11. The van der Waals surface area contributed by atoms with Gasteiger partial charge >= 0.3 is 0 Å². The molecule has 0 fully saturated rings. The molecule has 0 aliphatic carbocycles. The zero-order valence-electron chi connectivity index (χ0n) is 9.93. The third-order valence-electron chi connectivity index (χ3n) is 2.18. The normalized spacial score (nSPS) is 11.5. The number of guanidine groups is 1. The van der Waals surface area contributed by atoms with Crippen molar-refractivity contribution in [1.82, 2.24) is 5.43 Å². The molecule has 0 radical (unpaired) electrons. The van der Waals surface area contributed by atoms with Crippen LogP contribution in [0.25, 0.3) is 0 Å². The maximum atomic E-state index is 6.03. The molecule has 0 saturated carbocycles. The second kappa shape index (κ2) is 7.69. The van der Waals surface area contributed by atoms with Crippen LogP contribution in [0.5, 0.6) is 0 Å². The van der Waals surface area contributed by atoms with Crippen molar-refractivity contribution in [2.75, 3.05) is 11.9 Å². The van der Waals surface area contributed by atoms with Crippen LogP contribution in [-0.2, 0) is 0 Å². The highest BCUT2D eigenvalue weighted by Crippen LogP contribution is 2.32. The highest BCUT2D eigenvalue weighted by molar-refractivity contribution is 6.44. The Hall–Kier alpha value is -0.680. The Balaban J connectivity index is 2.81. The summed E-state index contributed by atoms with van der Waals surface area (Å²) in [7, 11) is 0. The van der Waals surface area contributed by atoms with Gasteiger partial charge in [0.1, 0.15) is 0 Å². The molecule has 4 N–H and O–H groups in total. The average Bonchev–Trinajstić information content (AvgIpc) is 2.34. The van der Waals surface area contributed by atoms with Gasteiger partial charge in [-0.3, -0.25) is 10.4 Å². The number of hydrazine groups is 1. The van der Waals surface area contributed by atoms with Gasteiger partial charge in [-0.2, -0.15) is 0 Å². The molecule has 0 aromatic heterocycles. The minimum Gasteiger partial charge on any atom is -0.324 e. The second-order valence-corrected chi connectivity index (χ2v) is 4.82. The van der Waals surface area contributed by atoms with Crippen molar-refractivity contribution in [3.8, 4) is 0 Å². The van der Waals surface area contributed by atoms with Gasteiger partial charge < -0.3 is 5.32 Å². The lowest BCUT2D eigenvalue weighted by atomic mass is 10.3. The van der Waals surface area contributed by atoms with Gasteiger partial charge in [0.2, 0.25) is 5.96 Å². The van der Waals surface area contributed by atoms with Crippen molar-refractivity contribution in [1.29, 1.82) is 0 Å². The van der Waals surface area contributed by atoms with Gasteiger partial charge in [0, 0.05) is 6.54 Å². The maximum absolute atomic E-state index is 6.03. The average molecular weight is 310 g/mol. The standard InChI is InChI=1S/C11H15Cl3N4/c1-2-3-4-16-11(18-15)17-10-6-8(13)7(12)5-9(10)14/h5-6H,2-4,15H2,1H3,(H2,16,17,18). The van der Waals surface area contributed by atoms with E-state index in [4.69, 9.17) is 40.6 Å². The first-order chi connectivity index (χ1) is 8.58. The highest BCUT2D eigenvalue weighted by Gasteiger charge is 2.07. The second-order valence-electron chi connectivity index (χ2n) is 3.60. The van der Waals surface area contributed by atoms with Crippen LogP contribution in [0.15, 0.2) is 17.1 Å². The number of hydrogen-bond donors (Lipinski definition) is 3. The Bertz CT molecular complexity index is 435. The van der Waals surface area contributed by atoms with E-state index >= 15 is 0 Å². The van der Waals surface area contributed by atoms with Gasteiger partial charge in [0.25, 0.3) is 0 Å². The zero-order chi connectivity index (χ0) is 13.5. The number of nitrogens with zero attached hydrogens (tertiary/aromatic N) is 1. The predicted molar refractivity (Wildman–Crippen MR) is 79.6 cm³/mol. The van der Waals surface area contributed by atoms with Crippen LogP contribution >= 0.6 is 34.8 Å². The van der Waals surface area contributed by atoms with Crippen LogP contribution in [-0.4, -0.2) is 12.5 Å². The molecule has 18 heavy (non-hydrogen) atoms. The molecule has 0 aliphatic heterocycles. The molecule has 100 valence electrons. The summed E-state index contributed by atoms with van der Waals surface area (Å²) in [5, 5.41) is 4.22. The minimum absolute atomic E-state index is 0.400. The molecule has 7 heteroatoms. The van der Waals surface area contributed by atoms with Crippen LogP contribution in [0, 0.1) is 0 Å². The Morgan fingerprint density at radius 3 is 2.50 bits per heavy atom. The van der Waals surface area contributed by atoms with Crippen LogP contribution < -0.4 is 16.6 Å². The van der Waals surface area contributed by atoms with Crippen LogP contribution in [0.2, 0.25) is 15.1 Å². The number of rotatable bonds is 4. The first-order valence-electron chi connectivity index (χ1n) is 5.51. The van der Waals surface area contributed by atoms with E-state index in [2.05, 4.69) is 22.7 Å². The fourth-order valence-electron chi connectivity index (χ4n) is 1.22. The molecule has 0 saturated heterocycles. The molecule has 0 atom stereocenters. The molecule has 1 rings (SSSR count). The summed E-state index contributed by atoms with van der Waals surface area (Å²) >= 11 is 17.8. The van der Waals surface area contributed by atoms with E-state index in [0.717, 1.165) is 12.8 Å². The molecule has 0 heterocycles. The molecule has 1 aromatic rings. The molecule has 0 bridgehead atoms. The summed E-state index contributed by atoms with van der Waals surface area (Å²) in [6, 6.07) is 3.19. The van der Waals surface area contributed by atoms with E-state index in [0.29, 0.717) is 33.3 Å². The number of halogens is 3. The van der Waals surface area contributed by atoms with Crippen molar-refractivity contribution < 1.29 is 0 Å². The predicted octanol–water partition coefficient (Wildman–Crippen LogP) is 3.68. The third kappa shape index (κ3) is 4.53. The molecular formula is C11H15Cl3N4. The molecule has 0 unspecified atom stereocenters. The van der Waals surface area contributed by atoms with Gasteiger partial charge in [-0.05, 0) is 18.6 Å². The molecular weight excluding hydrogens is 295 g/mol. The Morgan fingerprint density at radius 1 is 1.22 bits per heavy atom. The quantitative estimate of drug-likeness (QED) is 0.198. The number of anilines is 1. The monoisotopic (exact) mass is 308 g/mol. The molecule has 0 spiro atoms. The number of benzene rings is 1. The summed E-state index contributed by atoms with van der Waals surface area (Å²) in [6.45, 7) is 2.77. The SMILES string of the molecule is CCCCN=C(NN)Nc1cc(Cl)c(Cl)cc1Cl. The van der Waals surface area contributed by atoms with Crippen molar-refractivity contribution in [3.63, 3.8) is 0 Å². The van der Waals surface area contributed by atoms with Crippen LogP contribution in [0.4, 0.5) is 5.69 Å². The topological polar surface area (TPSA) is 62.4 Å². The summed E-state index contributed by atoms with van der Waals surface area (Å²) < 4.78 is 0. The van der Waals surface area contributed by atoms with E-state index in [-0.39, 0.29) is 0 Å². The smallest absolute Gasteiger partial charge is 0.210 e. The van der Waals surface area contributed by atoms with Gasteiger partial charge in [0.15, 0.2) is 0 Å². The van der Waals surface area contributed by atoms with Gasteiger partial charge in [0.05, 0.1) is 20.8 Å². The summed E-state index contributed by atoms with van der Waals surface area (Å²) in [4.78, 5) is 4.26. The lowest BCUT2D eigenvalue weighted by molar-refractivity contribution is 0.801. The summed E-state index contributed by atoms with van der Waals surface area (Å²) in [6.07, 6.45) is 2.05. The van der Waals surface area contributed by atoms with Crippen molar-refractivity contribution in [2.24, 2.45) is 10.8 Å². The molecule has 0 amide bonds. The third-order valence-corrected chi connectivity index (χ3v) is 3.22. The number of nitrogens with one attached hydrogen (secondary N) is 2. The molecule has 4 nitrogen and oxygen atoms in total. The summed E-state index contributed by atoms with van der Waals surface area (Å²) in [5.74, 6) is 5.81.